The molecule has 1 amide bonds. The Morgan fingerprint density at radius 1 is 1.15 bits per heavy atom. The van der Waals surface area contributed by atoms with Gasteiger partial charge in [-0.15, -0.1) is 0 Å². The Kier molecular flexibility index (Phi) is 4.52. The molecule has 0 bridgehead atoms. The molecule has 0 saturated carbocycles. The van der Waals surface area contributed by atoms with Crippen LogP contribution in [0.3, 0.4) is 0 Å². The third-order valence-corrected chi connectivity index (χ3v) is 3.12. The zero-order valence-corrected chi connectivity index (χ0v) is 11.4. The molecule has 0 saturated heterocycles. The van der Waals surface area contributed by atoms with Gasteiger partial charge in [0.25, 0.3) is 0 Å². The monoisotopic (exact) mass is 264 g/mol. The lowest BCUT2D eigenvalue weighted by Gasteiger charge is -2.09. The molecule has 2 aromatic rings. The fourth-order valence-electron chi connectivity index (χ4n) is 2.03. The maximum atomic E-state index is 12.0. The minimum absolute atomic E-state index is 0.0457. The lowest BCUT2D eigenvalue weighted by atomic mass is 10.1. The standard InChI is InChI=1S/C17H16N2O/c1-2-15-5-3-4-6-16(15)19-17(20)11-13-7-9-14(12-18)10-8-13/h3-10H,2,11H2,1H3,(H,19,20). The highest BCUT2D eigenvalue weighted by Gasteiger charge is 2.06. The van der Waals surface area contributed by atoms with Crippen LogP contribution < -0.4 is 5.32 Å². The smallest absolute Gasteiger partial charge is 0.228 e. The molecular formula is C17H16N2O. The van der Waals surface area contributed by atoms with Crippen molar-refractivity contribution >= 4 is 11.6 Å². The van der Waals surface area contributed by atoms with Gasteiger partial charge in [0.2, 0.25) is 5.91 Å². The molecule has 0 aliphatic heterocycles. The lowest BCUT2D eigenvalue weighted by Crippen LogP contribution is -2.15. The van der Waals surface area contributed by atoms with Gasteiger partial charge in [0.1, 0.15) is 0 Å². The van der Waals surface area contributed by atoms with E-state index in [-0.39, 0.29) is 5.91 Å². The largest absolute Gasteiger partial charge is 0.326 e. The Morgan fingerprint density at radius 2 is 1.85 bits per heavy atom. The van der Waals surface area contributed by atoms with Gasteiger partial charge in [-0.25, -0.2) is 0 Å². The summed E-state index contributed by atoms with van der Waals surface area (Å²) in [5.74, 6) is -0.0457. The number of nitrogens with one attached hydrogen (secondary N) is 1. The predicted octanol–water partition coefficient (Wildman–Crippen LogP) is 3.30. The molecule has 1 N–H and O–H groups in total. The van der Waals surface area contributed by atoms with E-state index in [9.17, 15) is 4.79 Å². The first kappa shape index (κ1) is 13.8. The molecule has 3 heteroatoms. The van der Waals surface area contributed by atoms with Gasteiger partial charge in [-0.2, -0.15) is 5.26 Å². The fourth-order valence-corrected chi connectivity index (χ4v) is 2.03. The molecule has 0 fully saturated rings. The summed E-state index contributed by atoms with van der Waals surface area (Å²) in [6.45, 7) is 2.06. The summed E-state index contributed by atoms with van der Waals surface area (Å²) >= 11 is 0. The highest BCUT2D eigenvalue weighted by atomic mass is 16.1. The van der Waals surface area contributed by atoms with E-state index in [1.807, 2.05) is 36.4 Å². The normalized spacial score (nSPS) is 9.80. The van der Waals surface area contributed by atoms with E-state index in [1.165, 1.54) is 0 Å². The molecule has 0 heterocycles. The van der Waals surface area contributed by atoms with E-state index >= 15 is 0 Å². The van der Waals surface area contributed by atoms with Crippen molar-refractivity contribution in [3.63, 3.8) is 0 Å². The van der Waals surface area contributed by atoms with Gasteiger partial charge >= 0.3 is 0 Å². The predicted molar refractivity (Wildman–Crippen MR) is 79.3 cm³/mol. The van der Waals surface area contributed by atoms with Crippen LogP contribution in [0.2, 0.25) is 0 Å². The molecule has 0 aliphatic carbocycles. The van der Waals surface area contributed by atoms with E-state index in [2.05, 4.69) is 18.3 Å². The van der Waals surface area contributed by atoms with Crippen LogP contribution in [0.25, 0.3) is 0 Å². The molecule has 0 aliphatic rings. The van der Waals surface area contributed by atoms with Crippen molar-refractivity contribution in [2.75, 3.05) is 5.32 Å². The van der Waals surface area contributed by atoms with Crippen LogP contribution in [0.4, 0.5) is 5.69 Å². The summed E-state index contributed by atoms with van der Waals surface area (Å²) in [5, 5.41) is 11.7. The summed E-state index contributed by atoms with van der Waals surface area (Å²) in [5.41, 5.74) is 3.50. The maximum absolute atomic E-state index is 12.0. The summed E-state index contributed by atoms with van der Waals surface area (Å²) in [4.78, 5) is 12.0. The maximum Gasteiger partial charge on any atom is 0.228 e. The second-order valence-electron chi connectivity index (χ2n) is 4.54. The Bertz CT molecular complexity index is 639. The van der Waals surface area contributed by atoms with Gasteiger partial charge < -0.3 is 5.32 Å². The van der Waals surface area contributed by atoms with Crippen LogP contribution >= 0.6 is 0 Å². The number of amides is 1. The number of nitrogens with zero attached hydrogens (tertiary/aromatic N) is 1. The Morgan fingerprint density at radius 3 is 2.50 bits per heavy atom. The van der Waals surface area contributed by atoms with Crippen LogP contribution in [0.15, 0.2) is 48.5 Å². The van der Waals surface area contributed by atoms with Crippen LogP contribution in [0.5, 0.6) is 0 Å². The SMILES string of the molecule is CCc1ccccc1NC(=O)Cc1ccc(C#N)cc1. The average Bonchev–Trinajstić information content (AvgIpc) is 2.48. The number of anilines is 1. The third-order valence-electron chi connectivity index (χ3n) is 3.12. The van der Waals surface area contributed by atoms with E-state index in [0.717, 1.165) is 23.2 Å². The van der Waals surface area contributed by atoms with E-state index in [4.69, 9.17) is 5.26 Å². The second kappa shape index (κ2) is 6.53. The first-order valence-corrected chi connectivity index (χ1v) is 6.59. The molecule has 0 spiro atoms. The van der Waals surface area contributed by atoms with Crippen LogP contribution in [0, 0.1) is 11.3 Å². The molecule has 3 nitrogen and oxygen atoms in total. The number of carbonyl (C=O) groups excluding carboxylic acids is 1. The Labute approximate surface area is 118 Å². The van der Waals surface area contributed by atoms with E-state index < -0.39 is 0 Å². The molecule has 2 aromatic carbocycles. The number of rotatable bonds is 4. The summed E-state index contributed by atoms with van der Waals surface area (Å²) < 4.78 is 0. The van der Waals surface area contributed by atoms with Gasteiger partial charge in [0, 0.05) is 5.69 Å². The van der Waals surface area contributed by atoms with Crippen molar-refractivity contribution in [3.05, 3.63) is 65.2 Å². The van der Waals surface area contributed by atoms with Gasteiger partial charge in [-0.1, -0.05) is 37.3 Å². The molecule has 0 radical (unpaired) electrons. The first-order valence-electron chi connectivity index (χ1n) is 6.59. The number of hydrogen-bond donors (Lipinski definition) is 1. The molecule has 0 atom stereocenters. The molecule has 2 rings (SSSR count). The van der Waals surface area contributed by atoms with Gasteiger partial charge in [0.05, 0.1) is 18.1 Å². The van der Waals surface area contributed by atoms with Gasteiger partial charge in [-0.05, 0) is 35.7 Å². The van der Waals surface area contributed by atoms with Crippen molar-refractivity contribution < 1.29 is 4.79 Å². The van der Waals surface area contributed by atoms with E-state index in [0.29, 0.717) is 12.0 Å². The summed E-state index contributed by atoms with van der Waals surface area (Å²) in [7, 11) is 0. The van der Waals surface area contributed by atoms with Crippen LogP contribution in [-0.4, -0.2) is 5.91 Å². The summed E-state index contributed by atoms with van der Waals surface area (Å²) in [6, 6.07) is 16.9. The summed E-state index contributed by atoms with van der Waals surface area (Å²) in [6.07, 6.45) is 1.19. The highest BCUT2D eigenvalue weighted by Crippen LogP contribution is 2.16. The Hall–Kier alpha value is -2.60. The van der Waals surface area contributed by atoms with Crippen molar-refractivity contribution in [1.82, 2.24) is 0 Å². The highest BCUT2D eigenvalue weighted by molar-refractivity contribution is 5.93. The minimum Gasteiger partial charge on any atom is -0.326 e. The zero-order valence-electron chi connectivity index (χ0n) is 11.4. The van der Waals surface area contributed by atoms with Gasteiger partial charge in [-0.3, -0.25) is 4.79 Å². The molecule has 0 aromatic heterocycles. The number of benzene rings is 2. The van der Waals surface area contributed by atoms with Gasteiger partial charge in [0.15, 0.2) is 0 Å². The minimum atomic E-state index is -0.0457. The van der Waals surface area contributed by atoms with Crippen molar-refractivity contribution in [1.29, 1.82) is 5.26 Å². The topological polar surface area (TPSA) is 52.9 Å². The second-order valence-corrected chi connectivity index (χ2v) is 4.54. The zero-order chi connectivity index (χ0) is 14.4. The quantitative estimate of drug-likeness (QED) is 0.921. The molecule has 20 heavy (non-hydrogen) atoms. The number of nitriles is 1. The average molecular weight is 264 g/mol. The van der Waals surface area contributed by atoms with Crippen molar-refractivity contribution in [2.24, 2.45) is 0 Å². The molecular weight excluding hydrogens is 248 g/mol. The van der Waals surface area contributed by atoms with Crippen molar-refractivity contribution in [2.45, 2.75) is 19.8 Å². The molecule has 100 valence electrons. The number of hydrogen-bond acceptors (Lipinski definition) is 2. The molecule has 0 unspecified atom stereocenters. The third kappa shape index (κ3) is 3.46. The fraction of sp³-hybridized carbons (Fsp3) is 0.176. The number of carbonyl (C=O) groups is 1. The lowest BCUT2D eigenvalue weighted by molar-refractivity contribution is -0.115. The first-order chi connectivity index (χ1) is 9.72. The van der Waals surface area contributed by atoms with Crippen molar-refractivity contribution in [3.8, 4) is 6.07 Å². The Balaban J connectivity index is 2.03. The van der Waals surface area contributed by atoms with Crippen LogP contribution in [-0.2, 0) is 17.6 Å². The number of para-hydroxylation sites is 1. The number of aryl methyl sites for hydroxylation is 1. The van der Waals surface area contributed by atoms with Crippen LogP contribution in [0.1, 0.15) is 23.6 Å². The van der Waals surface area contributed by atoms with E-state index in [1.54, 1.807) is 12.1 Å².